The summed E-state index contributed by atoms with van der Waals surface area (Å²) in [6, 6.07) is 0. The van der Waals surface area contributed by atoms with Crippen LogP contribution < -0.4 is 11.1 Å². The van der Waals surface area contributed by atoms with E-state index in [9.17, 15) is 4.79 Å². The number of unbranched alkanes of at least 4 members (excludes halogenated alkanes) is 1. The molecular weight excluding hydrogens is 178 g/mol. The van der Waals surface area contributed by atoms with Gasteiger partial charge in [-0.2, -0.15) is 0 Å². The Morgan fingerprint density at radius 2 is 2.07 bits per heavy atom. The standard InChI is InChI=1S/C10H23N3O/c1-12-8-5-9-13(2)10(14)6-3-4-7-11/h12H,3-9,11H2,1-2H3. The molecule has 0 atom stereocenters. The molecule has 0 bridgehead atoms. The van der Waals surface area contributed by atoms with Crippen molar-refractivity contribution in [3.05, 3.63) is 0 Å². The average molecular weight is 201 g/mol. The smallest absolute Gasteiger partial charge is 0.222 e. The molecule has 0 heterocycles. The van der Waals surface area contributed by atoms with Crippen molar-refractivity contribution in [3.63, 3.8) is 0 Å². The number of nitrogens with two attached hydrogens (primary N) is 1. The minimum absolute atomic E-state index is 0.231. The van der Waals surface area contributed by atoms with Crippen LogP contribution in [0.1, 0.15) is 25.7 Å². The highest BCUT2D eigenvalue weighted by Crippen LogP contribution is 1.98. The van der Waals surface area contributed by atoms with Crippen LogP contribution in [-0.2, 0) is 4.79 Å². The third kappa shape index (κ3) is 6.86. The van der Waals surface area contributed by atoms with E-state index in [0.29, 0.717) is 13.0 Å². The van der Waals surface area contributed by atoms with Gasteiger partial charge in [-0.25, -0.2) is 0 Å². The van der Waals surface area contributed by atoms with Gasteiger partial charge in [0.2, 0.25) is 5.91 Å². The lowest BCUT2D eigenvalue weighted by Gasteiger charge is -2.16. The fraction of sp³-hybridized carbons (Fsp3) is 0.900. The highest BCUT2D eigenvalue weighted by atomic mass is 16.2. The normalized spacial score (nSPS) is 10.2. The molecule has 0 saturated carbocycles. The van der Waals surface area contributed by atoms with Gasteiger partial charge in [0.15, 0.2) is 0 Å². The Hall–Kier alpha value is -0.610. The van der Waals surface area contributed by atoms with Gasteiger partial charge < -0.3 is 16.0 Å². The van der Waals surface area contributed by atoms with Gasteiger partial charge in [0.05, 0.1) is 0 Å². The van der Waals surface area contributed by atoms with Crippen LogP contribution in [0.2, 0.25) is 0 Å². The predicted octanol–water partition coefficient (Wildman–Crippen LogP) is 0.183. The molecule has 0 aliphatic heterocycles. The minimum atomic E-state index is 0.231. The Morgan fingerprint density at radius 1 is 1.36 bits per heavy atom. The van der Waals surface area contributed by atoms with E-state index in [0.717, 1.165) is 32.4 Å². The van der Waals surface area contributed by atoms with Crippen LogP contribution in [0.25, 0.3) is 0 Å². The molecular formula is C10H23N3O. The SMILES string of the molecule is CNCCCN(C)C(=O)CCCCN. The number of rotatable bonds is 8. The largest absolute Gasteiger partial charge is 0.346 e. The van der Waals surface area contributed by atoms with E-state index >= 15 is 0 Å². The van der Waals surface area contributed by atoms with E-state index < -0.39 is 0 Å². The Balaban J connectivity index is 3.44. The third-order valence-electron chi connectivity index (χ3n) is 2.19. The van der Waals surface area contributed by atoms with Gasteiger partial charge in [-0.05, 0) is 39.4 Å². The summed E-state index contributed by atoms with van der Waals surface area (Å²) < 4.78 is 0. The molecule has 1 amide bonds. The van der Waals surface area contributed by atoms with Crippen LogP contribution in [0.3, 0.4) is 0 Å². The van der Waals surface area contributed by atoms with Gasteiger partial charge in [-0.15, -0.1) is 0 Å². The molecule has 0 aliphatic carbocycles. The zero-order chi connectivity index (χ0) is 10.8. The first-order valence-electron chi connectivity index (χ1n) is 5.31. The van der Waals surface area contributed by atoms with Gasteiger partial charge in [0.1, 0.15) is 0 Å². The van der Waals surface area contributed by atoms with E-state index in [4.69, 9.17) is 5.73 Å². The lowest BCUT2D eigenvalue weighted by molar-refractivity contribution is -0.130. The summed E-state index contributed by atoms with van der Waals surface area (Å²) in [6.45, 7) is 2.47. The molecule has 4 nitrogen and oxygen atoms in total. The third-order valence-corrected chi connectivity index (χ3v) is 2.19. The number of nitrogens with zero attached hydrogens (tertiary/aromatic N) is 1. The van der Waals surface area contributed by atoms with Crippen molar-refractivity contribution in [2.45, 2.75) is 25.7 Å². The number of carbonyl (C=O) groups is 1. The lowest BCUT2D eigenvalue weighted by Crippen LogP contribution is -2.29. The van der Waals surface area contributed by atoms with E-state index in [1.807, 2.05) is 14.1 Å². The molecule has 0 rings (SSSR count). The zero-order valence-electron chi connectivity index (χ0n) is 9.38. The molecule has 14 heavy (non-hydrogen) atoms. The maximum absolute atomic E-state index is 11.5. The molecule has 4 heteroatoms. The van der Waals surface area contributed by atoms with Gasteiger partial charge in [0.25, 0.3) is 0 Å². The Morgan fingerprint density at radius 3 is 2.64 bits per heavy atom. The summed E-state index contributed by atoms with van der Waals surface area (Å²) in [5.74, 6) is 0.231. The maximum Gasteiger partial charge on any atom is 0.222 e. The predicted molar refractivity (Wildman–Crippen MR) is 59.1 cm³/mol. The summed E-state index contributed by atoms with van der Waals surface area (Å²) in [5, 5.41) is 3.06. The quantitative estimate of drug-likeness (QED) is 0.551. The van der Waals surface area contributed by atoms with Crippen molar-refractivity contribution in [2.75, 3.05) is 33.7 Å². The van der Waals surface area contributed by atoms with E-state index in [-0.39, 0.29) is 5.91 Å². The molecule has 84 valence electrons. The second-order valence-corrected chi connectivity index (χ2v) is 3.52. The highest BCUT2D eigenvalue weighted by Gasteiger charge is 2.06. The van der Waals surface area contributed by atoms with Gasteiger partial charge in [-0.1, -0.05) is 0 Å². The number of amides is 1. The molecule has 0 spiro atoms. The molecule has 0 radical (unpaired) electrons. The number of hydrogen-bond acceptors (Lipinski definition) is 3. The van der Waals surface area contributed by atoms with Gasteiger partial charge >= 0.3 is 0 Å². The first-order valence-corrected chi connectivity index (χ1v) is 5.31. The molecule has 0 aromatic heterocycles. The van der Waals surface area contributed by atoms with E-state index in [1.165, 1.54) is 0 Å². The Kier molecular flexibility index (Phi) is 8.57. The maximum atomic E-state index is 11.5. The molecule has 0 aromatic rings. The fourth-order valence-corrected chi connectivity index (χ4v) is 1.23. The first kappa shape index (κ1) is 13.4. The minimum Gasteiger partial charge on any atom is -0.346 e. The van der Waals surface area contributed by atoms with Crippen LogP contribution in [0.5, 0.6) is 0 Å². The van der Waals surface area contributed by atoms with Gasteiger partial charge in [0, 0.05) is 20.0 Å². The first-order chi connectivity index (χ1) is 6.72. The molecule has 0 aliphatic rings. The Bertz CT molecular complexity index is 150. The summed E-state index contributed by atoms with van der Waals surface area (Å²) in [5.41, 5.74) is 5.36. The monoisotopic (exact) mass is 201 g/mol. The number of carbonyl (C=O) groups excluding carboxylic acids is 1. The summed E-state index contributed by atoms with van der Waals surface area (Å²) >= 11 is 0. The van der Waals surface area contributed by atoms with E-state index in [1.54, 1.807) is 4.90 Å². The average Bonchev–Trinajstić information content (AvgIpc) is 2.18. The molecule has 0 saturated heterocycles. The van der Waals surface area contributed by atoms with Crippen molar-refractivity contribution in [3.8, 4) is 0 Å². The highest BCUT2D eigenvalue weighted by molar-refractivity contribution is 5.75. The van der Waals surface area contributed by atoms with Crippen molar-refractivity contribution in [1.82, 2.24) is 10.2 Å². The molecule has 0 fully saturated rings. The van der Waals surface area contributed by atoms with Gasteiger partial charge in [-0.3, -0.25) is 4.79 Å². The number of hydrogen-bond donors (Lipinski definition) is 2. The van der Waals surface area contributed by atoms with Crippen LogP contribution in [0, 0.1) is 0 Å². The van der Waals surface area contributed by atoms with Crippen molar-refractivity contribution < 1.29 is 4.79 Å². The Labute approximate surface area is 86.8 Å². The number of nitrogens with one attached hydrogen (secondary N) is 1. The molecule has 0 aromatic carbocycles. The molecule has 0 unspecified atom stereocenters. The van der Waals surface area contributed by atoms with E-state index in [2.05, 4.69) is 5.32 Å². The summed E-state index contributed by atoms with van der Waals surface area (Å²) in [4.78, 5) is 13.3. The van der Waals surface area contributed by atoms with Crippen LogP contribution >= 0.6 is 0 Å². The van der Waals surface area contributed by atoms with Crippen LogP contribution in [-0.4, -0.2) is 44.5 Å². The zero-order valence-corrected chi connectivity index (χ0v) is 9.38. The molecule has 3 N–H and O–H groups in total. The van der Waals surface area contributed by atoms with Crippen molar-refractivity contribution in [1.29, 1.82) is 0 Å². The van der Waals surface area contributed by atoms with Crippen LogP contribution in [0.15, 0.2) is 0 Å². The topological polar surface area (TPSA) is 58.4 Å². The van der Waals surface area contributed by atoms with Crippen molar-refractivity contribution >= 4 is 5.91 Å². The summed E-state index contributed by atoms with van der Waals surface area (Å²) in [6.07, 6.45) is 3.49. The van der Waals surface area contributed by atoms with Crippen LogP contribution in [0.4, 0.5) is 0 Å². The lowest BCUT2D eigenvalue weighted by atomic mass is 10.2. The second kappa shape index (κ2) is 8.97. The van der Waals surface area contributed by atoms with Crippen molar-refractivity contribution in [2.24, 2.45) is 5.73 Å². The fourth-order valence-electron chi connectivity index (χ4n) is 1.23. The second-order valence-electron chi connectivity index (χ2n) is 3.52. The summed E-state index contributed by atoms with van der Waals surface area (Å²) in [7, 11) is 3.78.